The molecule has 1 aliphatic rings. The molecule has 0 aliphatic carbocycles. The molecule has 126 valence electrons. The maximum Gasteiger partial charge on any atom is 0.191 e. The number of halogens is 1. The van der Waals surface area contributed by atoms with Crippen molar-refractivity contribution in [2.75, 3.05) is 20.2 Å². The van der Waals surface area contributed by atoms with Crippen LogP contribution in [-0.2, 0) is 23.3 Å². The molecule has 3 heterocycles. The maximum absolute atomic E-state index is 6.04. The molecule has 3 rings (SSSR count). The summed E-state index contributed by atoms with van der Waals surface area (Å²) < 4.78 is 11.3. The second-order valence-electron chi connectivity index (χ2n) is 5.45. The SMILES string of the molecule is CN=C(NCc1ccco1)NCC1(C)OCCc2sccc21.I. The number of ether oxygens (including phenoxy) is 1. The first-order valence-corrected chi connectivity index (χ1v) is 8.27. The van der Waals surface area contributed by atoms with Gasteiger partial charge >= 0.3 is 0 Å². The van der Waals surface area contributed by atoms with Crippen LogP contribution in [0, 0.1) is 0 Å². The van der Waals surface area contributed by atoms with Crippen molar-refractivity contribution in [3.8, 4) is 0 Å². The number of fused-ring (bicyclic) bond motifs is 1. The molecule has 0 radical (unpaired) electrons. The van der Waals surface area contributed by atoms with Crippen LogP contribution in [0.2, 0.25) is 0 Å². The van der Waals surface area contributed by atoms with Crippen molar-refractivity contribution in [2.45, 2.75) is 25.5 Å². The highest BCUT2D eigenvalue weighted by molar-refractivity contribution is 14.0. The van der Waals surface area contributed by atoms with E-state index in [4.69, 9.17) is 9.15 Å². The minimum Gasteiger partial charge on any atom is -0.467 e. The molecule has 1 unspecified atom stereocenters. The largest absolute Gasteiger partial charge is 0.467 e. The highest BCUT2D eigenvalue weighted by atomic mass is 127. The molecule has 2 N–H and O–H groups in total. The van der Waals surface area contributed by atoms with Gasteiger partial charge in [-0.2, -0.15) is 0 Å². The first kappa shape index (κ1) is 18.3. The van der Waals surface area contributed by atoms with E-state index in [2.05, 4.69) is 34.0 Å². The van der Waals surface area contributed by atoms with E-state index in [1.54, 1.807) is 13.3 Å². The second-order valence-corrected chi connectivity index (χ2v) is 6.45. The number of hydrogen-bond donors (Lipinski definition) is 2. The van der Waals surface area contributed by atoms with Crippen LogP contribution in [0.25, 0.3) is 0 Å². The third-order valence-corrected chi connectivity index (χ3v) is 4.87. The average molecular weight is 447 g/mol. The Hall–Kier alpha value is -1.06. The van der Waals surface area contributed by atoms with Crippen molar-refractivity contribution >= 4 is 41.3 Å². The summed E-state index contributed by atoms with van der Waals surface area (Å²) in [4.78, 5) is 5.67. The van der Waals surface area contributed by atoms with Crippen LogP contribution >= 0.6 is 35.3 Å². The first-order valence-electron chi connectivity index (χ1n) is 7.39. The summed E-state index contributed by atoms with van der Waals surface area (Å²) >= 11 is 1.81. The highest BCUT2D eigenvalue weighted by Crippen LogP contribution is 2.35. The van der Waals surface area contributed by atoms with Gasteiger partial charge in [0.25, 0.3) is 0 Å². The fourth-order valence-corrected chi connectivity index (χ4v) is 3.64. The summed E-state index contributed by atoms with van der Waals surface area (Å²) in [5, 5.41) is 8.73. The second kappa shape index (κ2) is 8.16. The molecule has 1 atom stereocenters. The number of guanidine groups is 1. The van der Waals surface area contributed by atoms with Gasteiger partial charge in [-0.15, -0.1) is 35.3 Å². The Bertz CT molecular complexity index is 642. The number of rotatable bonds is 4. The van der Waals surface area contributed by atoms with Crippen LogP contribution in [0.5, 0.6) is 0 Å². The van der Waals surface area contributed by atoms with Gasteiger partial charge < -0.3 is 19.8 Å². The molecule has 5 nitrogen and oxygen atoms in total. The van der Waals surface area contributed by atoms with E-state index in [-0.39, 0.29) is 29.6 Å². The van der Waals surface area contributed by atoms with Crippen LogP contribution in [-0.4, -0.2) is 26.2 Å². The zero-order chi connectivity index (χ0) is 15.4. The van der Waals surface area contributed by atoms with E-state index in [0.717, 1.165) is 24.7 Å². The number of furan rings is 1. The molecule has 23 heavy (non-hydrogen) atoms. The molecule has 0 fully saturated rings. The molecule has 0 saturated heterocycles. The molecule has 0 bridgehead atoms. The van der Waals surface area contributed by atoms with Crippen molar-refractivity contribution in [1.29, 1.82) is 0 Å². The molecule has 2 aromatic rings. The number of thiophene rings is 1. The lowest BCUT2D eigenvalue weighted by Crippen LogP contribution is -2.46. The fraction of sp³-hybridized carbons (Fsp3) is 0.438. The van der Waals surface area contributed by atoms with E-state index < -0.39 is 0 Å². The Kier molecular flexibility index (Phi) is 6.49. The molecule has 0 amide bonds. The summed E-state index contributed by atoms with van der Waals surface area (Å²) in [6, 6.07) is 5.98. The zero-order valence-corrected chi connectivity index (χ0v) is 16.4. The fourth-order valence-electron chi connectivity index (χ4n) is 2.66. The van der Waals surface area contributed by atoms with Crippen LogP contribution < -0.4 is 10.6 Å². The molecule has 2 aromatic heterocycles. The quantitative estimate of drug-likeness (QED) is 0.430. The van der Waals surface area contributed by atoms with Crippen molar-refractivity contribution in [2.24, 2.45) is 4.99 Å². The standard InChI is InChI=1S/C16H21N3O2S.HI/c1-16(13-6-9-22-14(13)5-8-21-16)11-19-15(17-2)18-10-12-4-3-7-20-12;/h3-4,6-7,9H,5,8,10-11H2,1-2H3,(H2,17,18,19);1H. The van der Waals surface area contributed by atoms with Crippen LogP contribution in [0.3, 0.4) is 0 Å². The van der Waals surface area contributed by atoms with Crippen LogP contribution in [0.4, 0.5) is 0 Å². The summed E-state index contributed by atoms with van der Waals surface area (Å²) in [6.45, 7) is 4.18. The lowest BCUT2D eigenvalue weighted by molar-refractivity contribution is -0.0410. The minimum atomic E-state index is -0.310. The van der Waals surface area contributed by atoms with Crippen molar-refractivity contribution < 1.29 is 9.15 Å². The van der Waals surface area contributed by atoms with Gasteiger partial charge in [0.05, 0.1) is 26.0 Å². The lowest BCUT2D eigenvalue weighted by atomic mass is 9.93. The molecular formula is C16H22IN3O2S. The van der Waals surface area contributed by atoms with E-state index in [0.29, 0.717) is 13.1 Å². The number of nitrogens with zero attached hydrogens (tertiary/aromatic N) is 1. The zero-order valence-electron chi connectivity index (χ0n) is 13.3. The number of nitrogens with one attached hydrogen (secondary N) is 2. The van der Waals surface area contributed by atoms with Crippen LogP contribution in [0.1, 0.15) is 23.1 Å². The predicted octanol–water partition coefficient (Wildman–Crippen LogP) is 3.11. The summed E-state index contributed by atoms with van der Waals surface area (Å²) in [6.07, 6.45) is 2.68. The van der Waals surface area contributed by atoms with Gasteiger partial charge in [0, 0.05) is 18.3 Å². The van der Waals surface area contributed by atoms with E-state index >= 15 is 0 Å². The predicted molar refractivity (Wildman–Crippen MR) is 104 cm³/mol. The summed E-state index contributed by atoms with van der Waals surface area (Å²) in [5.41, 5.74) is 0.980. The normalized spacial score (nSPS) is 20.5. The maximum atomic E-state index is 6.04. The highest BCUT2D eigenvalue weighted by Gasteiger charge is 2.34. The minimum absolute atomic E-state index is 0. The monoisotopic (exact) mass is 447 g/mol. The Morgan fingerprint density at radius 3 is 3.00 bits per heavy atom. The van der Waals surface area contributed by atoms with Crippen molar-refractivity contribution in [3.63, 3.8) is 0 Å². The van der Waals surface area contributed by atoms with Gasteiger partial charge in [-0.25, -0.2) is 0 Å². The average Bonchev–Trinajstić information content (AvgIpc) is 3.19. The summed E-state index contributed by atoms with van der Waals surface area (Å²) in [7, 11) is 1.76. The van der Waals surface area contributed by atoms with Gasteiger partial charge in [0.1, 0.15) is 11.4 Å². The Balaban J connectivity index is 0.00000192. The summed E-state index contributed by atoms with van der Waals surface area (Å²) in [5.74, 6) is 1.62. The molecular weight excluding hydrogens is 425 g/mol. The molecule has 0 aromatic carbocycles. The van der Waals surface area contributed by atoms with Crippen molar-refractivity contribution in [3.05, 3.63) is 46.0 Å². The third kappa shape index (κ3) is 4.27. The van der Waals surface area contributed by atoms with Gasteiger partial charge in [-0.05, 0) is 36.1 Å². The molecule has 0 saturated carbocycles. The lowest BCUT2D eigenvalue weighted by Gasteiger charge is -2.34. The van der Waals surface area contributed by atoms with Gasteiger partial charge in [-0.1, -0.05) is 0 Å². The smallest absolute Gasteiger partial charge is 0.191 e. The van der Waals surface area contributed by atoms with Gasteiger partial charge in [0.2, 0.25) is 0 Å². The topological polar surface area (TPSA) is 58.8 Å². The molecule has 0 spiro atoms. The van der Waals surface area contributed by atoms with Gasteiger partial charge in [-0.3, -0.25) is 4.99 Å². The van der Waals surface area contributed by atoms with E-state index in [1.807, 2.05) is 23.5 Å². The van der Waals surface area contributed by atoms with Gasteiger partial charge in [0.15, 0.2) is 5.96 Å². The Labute approximate surface area is 157 Å². The third-order valence-electron chi connectivity index (χ3n) is 3.89. The van der Waals surface area contributed by atoms with Crippen molar-refractivity contribution in [1.82, 2.24) is 10.6 Å². The van der Waals surface area contributed by atoms with E-state index in [1.165, 1.54) is 10.4 Å². The van der Waals surface area contributed by atoms with E-state index in [9.17, 15) is 0 Å². The van der Waals surface area contributed by atoms with Crippen LogP contribution in [0.15, 0.2) is 39.3 Å². The molecule has 7 heteroatoms. The number of hydrogen-bond acceptors (Lipinski definition) is 4. The Morgan fingerprint density at radius 1 is 1.39 bits per heavy atom. The first-order chi connectivity index (χ1) is 10.7. The molecule has 1 aliphatic heterocycles. The number of aliphatic imine (C=N–C) groups is 1. The Morgan fingerprint density at radius 2 is 2.26 bits per heavy atom.